The number of ether oxygens (including phenoxy) is 1. The lowest BCUT2D eigenvalue weighted by Gasteiger charge is -2.34. The number of carbonyl (C=O) groups is 3. The van der Waals surface area contributed by atoms with Gasteiger partial charge in [0.15, 0.2) is 0 Å². The molecule has 1 fully saturated rings. The molecule has 7 nitrogen and oxygen atoms in total. The number of hydrogen-bond acceptors (Lipinski definition) is 6. The van der Waals surface area contributed by atoms with Gasteiger partial charge < -0.3 is 15.0 Å². The first-order valence-corrected chi connectivity index (χ1v) is 12.2. The van der Waals surface area contributed by atoms with Gasteiger partial charge in [-0.2, -0.15) is 0 Å². The predicted molar refractivity (Wildman–Crippen MR) is 133 cm³/mol. The zero-order valence-corrected chi connectivity index (χ0v) is 20.1. The van der Waals surface area contributed by atoms with Crippen LogP contribution in [0, 0.1) is 5.82 Å². The van der Waals surface area contributed by atoms with Gasteiger partial charge >= 0.3 is 5.97 Å². The summed E-state index contributed by atoms with van der Waals surface area (Å²) in [7, 11) is 0. The van der Waals surface area contributed by atoms with Gasteiger partial charge in [0.2, 0.25) is 5.91 Å². The summed E-state index contributed by atoms with van der Waals surface area (Å²) < 4.78 is 18.6. The number of rotatable bonds is 7. The van der Waals surface area contributed by atoms with E-state index in [0.29, 0.717) is 47.9 Å². The third kappa shape index (κ3) is 5.93. The van der Waals surface area contributed by atoms with Gasteiger partial charge in [0.05, 0.1) is 13.2 Å². The van der Waals surface area contributed by atoms with Crippen molar-refractivity contribution in [3.63, 3.8) is 0 Å². The lowest BCUT2D eigenvalue weighted by Crippen LogP contribution is -2.50. The lowest BCUT2D eigenvalue weighted by atomic mass is 10.0. The fourth-order valence-corrected chi connectivity index (χ4v) is 4.91. The molecule has 182 valence electrons. The lowest BCUT2D eigenvalue weighted by molar-refractivity contribution is -0.117. The Morgan fingerprint density at radius 3 is 2.34 bits per heavy atom. The third-order valence-electron chi connectivity index (χ3n) is 5.73. The quantitative estimate of drug-likeness (QED) is 0.499. The molecule has 4 rings (SSSR count). The Bertz CT molecular complexity index is 1190. The molecule has 0 atom stereocenters. The zero-order chi connectivity index (χ0) is 24.8. The van der Waals surface area contributed by atoms with E-state index in [1.54, 1.807) is 41.5 Å². The maximum atomic E-state index is 13.4. The Balaban J connectivity index is 1.39. The normalized spacial score (nSPS) is 13.9. The van der Waals surface area contributed by atoms with Gasteiger partial charge in [-0.3, -0.25) is 14.5 Å². The van der Waals surface area contributed by atoms with Crippen LogP contribution in [0.4, 0.5) is 9.39 Å². The van der Waals surface area contributed by atoms with E-state index >= 15 is 0 Å². The van der Waals surface area contributed by atoms with Crippen molar-refractivity contribution in [2.45, 2.75) is 6.92 Å². The number of benzene rings is 2. The maximum absolute atomic E-state index is 13.4. The highest BCUT2D eigenvalue weighted by atomic mass is 32.1. The number of carbonyl (C=O) groups excluding carboxylic acids is 3. The van der Waals surface area contributed by atoms with Crippen molar-refractivity contribution in [2.24, 2.45) is 0 Å². The average molecular weight is 496 g/mol. The van der Waals surface area contributed by atoms with Crippen LogP contribution < -0.4 is 5.32 Å². The zero-order valence-electron chi connectivity index (χ0n) is 19.3. The van der Waals surface area contributed by atoms with Gasteiger partial charge in [0.1, 0.15) is 16.4 Å². The van der Waals surface area contributed by atoms with E-state index < -0.39 is 5.97 Å². The predicted octanol–water partition coefficient (Wildman–Crippen LogP) is 4.13. The number of hydrogen-bond donors (Lipinski definition) is 1. The van der Waals surface area contributed by atoms with E-state index in [-0.39, 0.29) is 36.3 Å². The standard InChI is InChI=1S/C26H26FN3O4S/c1-2-34-26(33)23-21(18-8-10-20(27)11-9-18)17-35-24(23)28-22(31)16-29-12-14-30(15-13-29)25(32)19-6-4-3-5-7-19/h3-11,17H,2,12-16H2,1H3,(H,28,31). The van der Waals surface area contributed by atoms with Gasteiger partial charge in [-0.1, -0.05) is 30.3 Å². The fourth-order valence-electron chi connectivity index (χ4n) is 3.94. The summed E-state index contributed by atoms with van der Waals surface area (Å²) in [6, 6.07) is 15.0. The molecule has 1 N–H and O–H groups in total. The number of amides is 2. The SMILES string of the molecule is CCOC(=O)c1c(-c2ccc(F)cc2)csc1NC(=O)CN1CCN(C(=O)c2ccccc2)CC1. The second-order valence-corrected chi connectivity index (χ2v) is 8.94. The Hall–Kier alpha value is -3.56. The smallest absolute Gasteiger partial charge is 0.341 e. The number of piperazine rings is 1. The van der Waals surface area contributed by atoms with Crippen molar-refractivity contribution in [1.82, 2.24) is 9.80 Å². The minimum atomic E-state index is -0.545. The Kier molecular flexibility index (Phi) is 7.89. The van der Waals surface area contributed by atoms with Gasteiger partial charge in [-0.05, 0) is 36.8 Å². The molecule has 9 heteroatoms. The molecule has 1 aliphatic heterocycles. The van der Waals surface area contributed by atoms with Gasteiger partial charge in [0.25, 0.3) is 5.91 Å². The summed E-state index contributed by atoms with van der Waals surface area (Å²) >= 11 is 1.22. The molecule has 0 aliphatic carbocycles. The molecule has 0 spiro atoms. The molecule has 1 aromatic heterocycles. The number of nitrogens with one attached hydrogen (secondary N) is 1. The van der Waals surface area contributed by atoms with Crippen molar-refractivity contribution >= 4 is 34.1 Å². The van der Waals surface area contributed by atoms with Crippen LogP contribution in [-0.4, -0.2) is 66.9 Å². The third-order valence-corrected chi connectivity index (χ3v) is 6.62. The largest absolute Gasteiger partial charge is 0.462 e. The van der Waals surface area contributed by atoms with Crippen molar-refractivity contribution in [1.29, 1.82) is 0 Å². The van der Waals surface area contributed by atoms with E-state index in [2.05, 4.69) is 5.32 Å². The fraction of sp³-hybridized carbons (Fsp3) is 0.269. The molecule has 2 aromatic carbocycles. The molecular formula is C26H26FN3O4S. The molecule has 0 unspecified atom stereocenters. The van der Waals surface area contributed by atoms with Crippen LogP contribution in [0.25, 0.3) is 11.1 Å². The highest BCUT2D eigenvalue weighted by Gasteiger charge is 2.26. The van der Waals surface area contributed by atoms with Crippen molar-refractivity contribution < 1.29 is 23.5 Å². The highest BCUT2D eigenvalue weighted by Crippen LogP contribution is 2.36. The summed E-state index contributed by atoms with van der Waals surface area (Å²) in [6.45, 7) is 4.24. The van der Waals surface area contributed by atoms with Crippen molar-refractivity contribution in [3.05, 3.63) is 76.9 Å². The molecule has 2 heterocycles. The second-order valence-electron chi connectivity index (χ2n) is 8.06. The van der Waals surface area contributed by atoms with Gasteiger partial charge in [-0.25, -0.2) is 9.18 Å². The Morgan fingerprint density at radius 2 is 1.69 bits per heavy atom. The molecular weight excluding hydrogens is 469 g/mol. The second kappa shape index (κ2) is 11.2. The van der Waals surface area contributed by atoms with E-state index in [4.69, 9.17) is 4.74 Å². The molecule has 0 saturated carbocycles. The number of thiophene rings is 1. The topological polar surface area (TPSA) is 79.0 Å². The summed E-state index contributed by atoms with van der Waals surface area (Å²) in [5, 5.41) is 4.99. The minimum absolute atomic E-state index is 0.0133. The number of anilines is 1. The van der Waals surface area contributed by atoms with Gasteiger partial charge in [-0.15, -0.1) is 11.3 Å². The van der Waals surface area contributed by atoms with E-state index in [0.717, 1.165) is 0 Å². The van der Waals surface area contributed by atoms with Gasteiger partial charge in [0, 0.05) is 42.7 Å². The van der Waals surface area contributed by atoms with Crippen LogP contribution in [0.2, 0.25) is 0 Å². The summed E-state index contributed by atoms with van der Waals surface area (Å²) in [5.74, 6) is -1.19. The van der Waals surface area contributed by atoms with Crippen molar-refractivity contribution in [3.8, 4) is 11.1 Å². The van der Waals surface area contributed by atoms with Crippen molar-refractivity contribution in [2.75, 3.05) is 44.6 Å². The average Bonchev–Trinajstić information content (AvgIpc) is 3.28. The molecule has 35 heavy (non-hydrogen) atoms. The Morgan fingerprint density at radius 1 is 1.00 bits per heavy atom. The molecule has 3 aromatic rings. The molecule has 2 amide bonds. The first-order chi connectivity index (χ1) is 17.0. The number of halogens is 1. The maximum Gasteiger partial charge on any atom is 0.341 e. The Labute approximate surface area is 207 Å². The van der Waals surface area contributed by atoms with E-state index in [1.807, 2.05) is 23.1 Å². The molecule has 0 radical (unpaired) electrons. The van der Waals surface area contributed by atoms with Crippen LogP contribution in [0.1, 0.15) is 27.6 Å². The molecule has 1 aliphatic rings. The first-order valence-electron chi connectivity index (χ1n) is 11.4. The van der Waals surface area contributed by atoms with Crippen LogP contribution >= 0.6 is 11.3 Å². The number of esters is 1. The van der Waals surface area contributed by atoms with Crippen LogP contribution in [0.5, 0.6) is 0 Å². The van der Waals surface area contributed by atoms with E-state index in [1.165, 1.54) is 23.5 Å². The summed E-state index contributed by atoms with van der Waals surface area (Å²) in [4.78, 5) is 41.9. The minimum Gasteiger partial charge on any atom is -0.462 e. The number of nitrogens with zero attached hydrogens (tertiary/aromatic N) is 2. The van der Waals surface area contributed by atoms with Crippen LogP contribution in [-0.2, 0) is 9.53 Å². The summed E-state index contributed by atoms with van der Waals surface area (Å²) in [5.41, 5.74) is 2.15. The monoisotopic (exact) mass is 495 g/mol. The van der Waals surface area contributed by atoms with Crippen LogP contribution in [0.15, 0.2) is 60.0 Å². The summed E-state index contributed by atoms with van der Waals surface area (Å²) in [6.07, 6.45) is 0. The molecule has 0 bridgehead atoms. The first kappa shape index (κ1) is 24.6. The van der Waals surface area contributed by atoms with Crippen LogP contribution in [0.3, 0.4) is 0 Å². The van der Waals surface area contributed by atoms with E-state index in [9.17, 15) is 18.8 Å². The highest BCUT2D eigenvalue weighted by molar-refractivity contribution is 7.15. The molecule has 1 saturated heterocycles.